The molecule has 0 spiro atoms. The van der Waals surface area contributed by atoms with Crippen LogP contribution in [-0.4, -0.2) is 34.0 Å². The van der Waals surface area contributed by atoms with Gasteiger partial charge < -0.3 is 4.74 Å². The molecule has 0 aromatic heterocycles. The molecule has 3 rings (SSSR count). The Hall–Kier alpha value is -1.07. The Balaban J connectivity index is 1.59. The lowest BCUT2D eigenvalue weighted by molar-refractivity contribution is -0.126. The van der Waals surface area contributed by atoms with Crippen molar-refractivity contribution in [2.75, 3.05) is 13.7 Å². The average Bonchev–Trinajstić information content (AvgIpc) is 3.15. The molecule has 130 valence electrons. The van der Waals surface area contributed by atoms with Crippen LogP contribution in [0, 0.1) is 12.8 Å². The monoisotopic (exact) mass is 363 g/mol. The molecule has 0 N–H and O–H groups in total. The third kappa shape index (κ3) is 3.94. The lowest BCUT2D eigenvalue weighted by Crippen LogP contribution is -2.33. The molecule has 1 heterocycles. The number of methoxy groups -OCH3 is 1. The minimum Gasteiger partial charge on any atom is -0.496 e. The standard InChI is InChI=1S/C19H25NO2S2/c1-13-11-15(7-8-16(13)22-2)12-17-18(21)20(19(23)24-17)10-9-14-5-3-4-6-14/h7-8,11,14,17H,3-6,9-10,12H2,1-2H3/t17-/m1/s1. The molecule has 5 heteroatoms. The van der Waals surface area contributed by atoms with E-state index < -0.39 is 0 Å². The van der Waals surface area contributed by atoms with Gasteiger partial charge in [-0.25, -0.2) is 0 Å². The van der Waals surface area contributed by atoms with Crippen molar-refractivity contribution in [2.24, 2.45) is 5.92 Å². The molecule has 1 aliphatic carbocycles. The van der Waals surface area contributed by atoms with Crippen molar-refractivity contribution < 1.29 is 9.53 Å². The summed E-state index contributed by atoms with van der Waals surface area (Å²) < 4.78 is 6.06. The molecule has 0 unspecified atom stereocenters. The third-order valence-corrected chi connectivity index (χ3v) is 6.70. The highest BCUT2D eigenvalue weighted by atomic mass is 32.2. The lowest BCUT2D eigenvalue weighted by Gasteiger charge is -2.18. The number of aryl methyl sites for hydroxylation is 1. The van der Waals surface area contributed by atoms with E-state index in [1.165, 1.54) is 31.2 Å². The van der Waals surface area contributed by atoms with Gasteiger partial charge in [0, 0.05) is 6.54 Å². The highest BCUT2D eigenvalue weighted by Gasteiger charge is 2.36. The topological polar surface area (TPSA) is 29.5 Å². The van der Waals surface area contributed by atoms with Gasteiger partial charge in [0.25, 0.3) is 0 Å². The number of amides is 1. The Morgan fingerprint density at radius 2 is 2.08 bits per heavy atom. The van der Waals surface area contributed by atoms with Gasteiger partial charge in [0.2, 0.25) is 5.91 Å². The van der Waals surface area contributed by atoms with Crippen molar-refractivity contribution in [1.82, 2.24) is 4.90 Å². The van der Waals surface area contributed by atoms with Crippen LogP contribution in [0.15, 0.2) is 18.2 Å². The van der Waals surface area contributed by atoms with E-state index in [-0.39, 0.29) is 11.2 Å². The molecule has 0 bridgehead atoms. The molecule has 1 aromatic rings. The van der Waals surface area contributed by atoms with Crippen LogP contribution in [-0.2, 0) is 11.2 Å². The maximum Gasteiger partial charge on any atom is 0.241 e. The maximum atomic E-state index is 12.7. The zero-order chi connectivity index (χ0) is 17.1. The van der Waals surface area contributed by atoms with Gasteiger partial charge in [-0.3, -0.25) is 9.69 Å². The van der Waals surface area contributed by atoms with Crippen LogP contribution >= 0.6 is 24.0 Å². The highest BCUT2D eigenvalue weighted by Crippen LogP contribution is 2.33. The fourth-order valence-corrected chi connectivity index (χ4v) is 5.31. The normalized spacial score (nSPS) is 21.8. The van der Waals surface area contributed by atoms with E-state index in [1.807, 2.05) is 24.0 Å². The number of hydrogen-bond acceptors (Lipinski definition) is 4. The number of hydrogen-bond donors (Lipinski definition) is 0. The summed E-state index contributed by atoms with van der Waals surface area (Å²) in [6.45, 7) is 2.83. The first-order valence-electron chi connectivity index (χ1n) is 8.74. The fourth-order valence-electron chi connectivity index (χ4n) is 3.72. The molecular formula is C19H25NO2S2. The third-order valence-electron chi connectivity index (χ3n) is 5.12. The van der Waals surface area contributed by atoms with E-state index in [0.717, 1.165) is 40.9 Å². The number of thioether (sulfide) groups is 1. The van der Waals surface area contributed by atoms with Crippen LogP contribution < -0.4 is 4.74 Å². The van der Waals surface area contributed by atoms with Gasteiger partial charge >= 0.3 is 0 Å². The number of benzene rings is 1. The molecule has 3 nitrogen and oxygen atoms in total. The number of nitrogens with zero attached hydrogens (tertiary/aromatic N) is 1. The minimum atomic E-state index is -0.0751. The van der Waals surface area contributed by atoms with Gasteiger partial charge in [-0.15, -0.1) is 0 Å². The SMILES string of the molecule is COc1ccc(C[C@H]2SC(=S)N(CCC3CCCC3)C2=O)cc1C. The van der Waals surface area contributed by atoms with Crippen molar-refractivity contribution in [1.29, 1.82) is 0 Å². The number of ether oxygens (including phenoxy) is 1. The van der Waals surface area contributed by atoms with Gasteiger partial charge in [0.15, 0.2) is 0 Å². The lowest BCUT2D eigenvalue weighted by atomic mass is 10.0. The van der Waals surface area contributed by atoms with Gasteiger partial charge in [-0.1, -0.05) is 61.8 Å². The van der Waals surface area contributed by atoms with E-state index in [2.05, 4.69) is 6.07 Å². The second-order valence-corrected chi connectivity index (χ2v) is 8.65. The largest absolute Gasteiger partial charge is 0.496 e. The molecule has 2 fully saturated rings. The van der Waals surface area contributed by atoms with E-state index in [9.17, 15) is 4.79 Å². The molecule has 0 radical (unpaired) electrons. The second kappa shape index (κ2) is 7.87. The van der Waals surface area contributed by atoms with Crippen molar-refractivity contribution in [3.63, 3.8) is 0 Å². The summed E-state index contributed by atoms with van der Waals surface area (Å²) in [5.74, 6) is 1.86. The van der Waals surface area contributed by atoms with Crippen molar-refractivity contribution in [3.05, 3.63) is 29.3 Å². The Bertz CT molecular complexity index is 626. The first kappa shape index (κ1) is 17.7. The molecule has 1 saturated carbocycles. The molecule has 1 saturated heterocycles. The number of rotatable bonds is 6. The second-order valence-electron chi connectivity index (χ2n) is 6.81. The Morgan fingerprint density at radius 3 is 2.75 bits per heavy atom. The molecule has 1 aromatic carbocycles. The predicted octanol–water partition coefficient (Wildman–Crippen LogP) is 4.36. The molecule has 2 aliphatic rings. The molecule has 1 amide bonds. The summed E-state index contributed by atoms with van der Waals surface area (Å²) in [7, 11) is 1.68. The molecule has 1 atom stereocenters. The summed E-state index contributed by atoms with van der Waals surface area (Å²) in [6, 6.07) is 6.13. The number of carbonyl (C=O) groups is 1. The Labute approximate surface area is 154 Å². The van der Waals surface area contributed by atoms with Crippen LogP contribution in [0.3, 0.4) is 0 Å². The fraction of sp³-hybridized carbons (Fsp3) is 0.579. The quantitative estimate of drug-likeness (QED) is 0.703. The van der Waals surface area contributed by atoms with E-state index in [4.69, 9.17) is 17.0 Å². The Morgan fingerprint density at radius 1 is 1.33 bits per heavy atom. The average molecular weight is 364 g/mol. The molecule has 1 aliphatic heterocycles. The van der Waals surface area contributed by atoms with Gasteiger partial charge in [-0.05, 0) is 42.9 Å². The number of carbonyl (C=O) groups excluding carboxylic acids is 1. The van der Waals surface area contributed by atoms with Gasteiger partial charge in [-0.2, -0.15) is 0 Å². The van der Waals surface area contributed by atoms with E-state index in [0.29, 0.717) is 0 Å². The molecular weight excluding hydrogens is 338 g/mol. The van der Waals surface area contributed by atoms with Crippen molar-refractivity contribution >= 4 is 34.2 Å². The van der Waals surface area contributed by atoms with Gasteiger partial charge in [0.05, 0.1) is 12.4 Å². The smallest absolute Gasteiger partial charge is 0.241 e. The zero-order valence-electron chi connectivity index (χ0n) is 14.4. The first-order valence-corrected chi connectivity index (χ1v) is 10.0. The predicted molar refractivity (Wildman–Crippen MR) is 104 cm³/mol. The highest BCUT2D eigenvalue weighted by molar-refractivity contribution is 8.24. The zero-order valence-corrected chi connectivity index (χ0v) is 16.0. The Kier molecular flexibility index (Phi) is 5.82. The van der Waals surface area contributed by atoms with Crippen LogP contribution in [0.4, 0.5) is 0 Å². The van der Waals surface area contributed by atoms with Gasteiger partial charge in [0.1, 0.15) is 10.1 Å². The first-order chi connectivity index (χ1) is 11.6. The van der Waals surface area contributed by atoms with Crippen molar-refractivity contribution in [2.45, 2.75) is 50.7 Å². The van der Waals surface area contributed by atoms with E-state index >= 15 is 0 Å². The maximum absolute atomic E-state index is 12.7. The van der Waals surface area contributed by atoms with E-state index in [1.54, 1.807) is 18.9 Å². The summed E-state index contributed by atoms with van der Waals surface area (Å²) >= 11 is 7.02. The summed E-state index contributed by atoms with van der Waals surface area (Å²) in [5.41, 5.74) is 2.27. The minimum absolute atomic E-state index is 0.0751. The van der Waals surface area contributed by atoms with Crippen molar-refractivity contribution in [3.8, 4) is 5.75 Å². The number of thiocarbonyl (C=S) groups is 1. The summed E-state index contributed by atoms with van der Waals surface area (Å²) in [5, 5.41) is -0.0751. The summed E-state index contributed by atoms with van der Waals surface area (Å²) in [6.07, 6.45) is 7.15. The van der Waals surface area contributed by atoms with Crippen LogP contribution in [0.2, 0.25) is 0 Å². The van der Waals surface area contributed by atoms with Crippen LogP contribution in [0.25, 0.3) is 0 Å². The summed E-state index contributed by atoms with van der Waals surface area (Å²) in [4.78, 5) is 14.6. The van der Waals surface area contributed by atoms with Crippen LogP contribution in [0.5, 0.6) is 5.75 Å². The molecule has 24 heavy (non-hydrogen) atoms. The van der Waals surface area contributed by atoms with Crippen LogP contribution in [0.1, 0.15) is 43.2 Å².